The van der Waals surface area contributed by atoms with Gasteiger partial charge in [0.2, 0.25) is 0 Å². The standard InChI is InChI=1S/C79H47BI2N10/c81-57-34-39-69-64(46-57)80-65-47-58(82)35-40-70(65)91(60-29-17-6-18-30-60)72-45-56(44-71(73(72)80)90(69)59-27-15-5-16-28-59)54-32-37-66-61(42-54)62-43-55(78-86-74(50-19-7-1-8-20-50)84-75(87-78)51-21-9-2-10-22-51)33-38-67(62)92(66)68-36-31-49(48-83)41-63(68)79-88-76(52-23-11-3-12-24-52)85-77(89-79)53-25-13-4-14-26-53/h1-47H. The maximum Gasteiger partial charge on any atom is 0.252 e. The molecule has 0 atom stereocenters. The third-order valence-electron chi connectivity index (χ3n) is 17.4. The Hall–Kier alpha value is -10.9. The van der Waals surface area contributed by atoms with E-state index in [2.05, 4.69) is 211 Å². The topological polar surface area (TPSA) is 113 Å². The van der Waals surface area contributed by atoms with E-state index in [1.54, 1.807) is 0 Å². The molecule has 12 aromatic carbocycles. The SMILES string of the molecule is N#Cc1ccc(-n2c3ccc(-c4cc5c6c(c4)N(c4ccccc4)c4ccc(I)cc4B6c4cc(I)ccc4N5c4ccccc4)cc3c3cc(-c4nc(-c5ccccc5)nc(-c5ccccc5)n4)ccc32)c(-c2nc(-c3ccccc3)nc(-c3ccccc3)n2)c1. The number of fused-ring (bicyclic) bond motifs is 7. The third kappa shape index (κ3) is 9.60. The summed E-state index contributed by atoms with van der Waals surface area (Å²) in [6, 6.07) is 102. The number of hydrogen-bond donors (Lipinski definition) is 0. The van der Waals surface area contributed by atoms with Crippen LogP contribution < -0.4 is 26.2 Å². The van der Waals surface area contributed by atoms with Crippen molar-refractivity contribution < 1.29 is 0 Å². The Bertz CT molecular complexity index is 5230. The van der Waals surface area contributed by atoms with Gasteiger partial charge >= 0.3 is 0 Å². The summed E-state index contributed by atoms with van der Waals surface area (Å²) < 4.78 is 4.65. The van der Waals surface area contributed by atoms with Crippen molar-refractivity contribution in [2.24, 2.45) is 0 Å². The van der Waals surface area contributed by atoms with Crippen LogP contribution in [0.3, 0.4) is 0 Å². The van der Waals surface area contributed by atoms with Crippen LogP contribution in [0.15, 0.2) is 285 Å². The van der Waals surface area contributed by atoms with Gasteiger partial charge in [-0.1, -0.05) is 176 Å². The second-order valence-corrected chi connectivity index (χ2v) is 25.3. The smallest absolute Gasteiger partial charge is 0.252 e. The fraction of sp³-hybridized carbons (Fsp3) is 0. The summed E-state index contributed by atoms with van der Waals surface area (Å²) in [6.45, 7) is -0.0546. The van der Waals surface area contributed by atoms with Crippen LogP contribution in [0.2, 0.25) is 0 Å². The van der Waals surface area contributed by atoms with Gasteiger partial charge in [0.25, 0.3) is 6.71 Å². The molecule has 0 bridgehead atoms. The third-order valence-corrected chi connectivity index (χ3v) is 18.7. The first-order valence-corrected chi connectivity index (χ1v) is 32.4. The number of nitriles is 1. The average Bonchev–Trinajstić information content (AvgIpc) is 0.751. The first-order valence-electron chi connectivity index (χ1n) is 30.2. The molecular formula is C79H47BI2N10. The van der Waals surface area contributed by atoms with E-state index in [-0.39, 0.29) is 6.71 Å². The Morgan fingerprint density at radius 3 is 1.13 bits per heavy atom. The molecule has 15 aromatic rings. The van der Waals surface area contributed by atoms with Crippen molar-refractivity contribution in [2.75, 3.05) is 9.80 Å². The summed E-state index contributed by atoms with van der Waals surface area (Å²) in [7, 11) is 0. The van der Waals surface area contributed by atoms with Crippen molar-refractivity contribution in [3.05, 3.63) is 298 Å². The van der Waals surface area contributed by atoms with E-state index in [4.69, 9.17) is 29.9 Å². The summed E-state index contributed by atoms with van der Waals surface area (Å²) in [4.78, 5) is 36.1. The Morgan fingerprint density at radius 2 is 0.696 bits per heavy atom. The summed E-state index contributed by atoms with van der Waals surface area (Å²) in [5.74, 6) is 3.16. The highest BCUT2D eigenvalue weighted by atomic mass is 127. The van der Waals surface area contributed by atoms with Crippen LogP contribution in [-0.2, 0) is 0 Å². The summed E-state index contributed by atoms with van der Waals surface area (Å²) in [5.41, 5.74) is 20.6. The van der Waals surface area contributed by atoms with Gasteiger partial charge in [-0.15, -0.1) is 0 Å². The van der Waals surface area contributed by atoms with Crippen molar-refractivity contribution in [2.45, 2.75) is 0 Å². The molecule has 0 amide bonds. The normalized spacial score (nSPS) is 12.2. The Morgan fingerprint density at radius 1 is 0.315 bits per heavy atom. The molecular weight excluding hydrogens is 1350 g/mol. The van der Waals surface area contributed by atoms with E-state index < -0.39 is 0 Å². The highest BCUT2D eigenvalue weighted by molar-refractivity contribution is 14.1. The lowest BCUT2D eigenvalue weighted by atomic mass is 9.33. The van der Waals surface area contributed by atoms with E-state index in [0.29, 0.717) is 46.1 Å². The molecule has 17 rings (SSSR count). The molecule has 0 unspecified atom stereocenters. The largest absolute Gasteiger partial charge is 0.311 e. The van der Waals surface area contributed by atoms with Crippen LogP contribution in [0.4, 0.5) is 34.1 Å². The van der Waals surface area contributed by atoms with E-state index in [1.807, 2.05) is 140 Å². The molecule has 0 N–H and O–H groups in total. The second-order valence-electron chi connectivity index (χ2n) is 22.8. The molecule has 0 saturated carbocycles. The molecule has 92 heavy (non-hydrogen) atoms. The van der Waals surface area contributed by atoms with Crippen molar-refractivity contribution in [1.82, 2.24) is 34.5 Å². The van der Waals surface area contributed by atoms with Gasteiger partial charge in [-0.05, 0) is 182 Å². The highest BCUT2D eigenvalue weighted by Gasteiger charge is 2.44. The Balaban J connectivity index is 0.939. The molecule has 3 aromatic heterocycles. The highest BCUT2D eigenvalue weighted by Crippen LogP contribution is 2.48. The summed E-state index contributed by atoms with van der Waals surface area (Å²) in [5, 5.41) is 12.6. The average molecular weight is 1400 g/mol. The molecule has 0 radical (unpaired) electrons. The first kappa shape index (κ1) is 55.2. The molecule has 0 aliphatic carbocycles. The molecule has 2 aliphatic rings. The van der Waals surface area contributed by atoms with Crippen molar-refractivity contribution in [3.63, 3.8) is 0 Å². The van der Waals surface area contributed by atoms with Gasteiger partial charge in [-0.2, -0.15) is 5.26 Å². The molecule has 0 fully saturated rings. The monoisotopic (exact) mass is 1400 g/mol. The van der Waals surface area contributed by atoms with Crippen LogP contribution in [-0.4, -0.2) is 41.2 Å². The number of anilines is 6. The minimum absolute atomic E-state index is 0.0546. The van der Waals surface area contributed by atoms with Gasteiger partial charge in [0, 0.05) is 85.4 Å². The summed E-state index contributed by atoms with van der Waals surface area (Å²) in [6.07, 6.45) is 0. The number of benzene rings is 12. The molecule has 2 aliphatic heterocycles. The van der Waals surface area contributed by atoms with Gasteiger partial charge in [-0.25, -0.2) is 29.9 Å². The Kier molecular flexibility index (Phi) is 13.7. The fourth-order valence-corrected chi connectivity index (χ4v) is 14.3. The lowest BCUT2D eigenvalue weighted by Crippen LogP contribution is -2.61. The van der Waals surface area contributed by atoms with E-state index in [0.717, 1.165) is 101 Å². The van der Waals surface area contributed by atoms with E-state index in [1.165, 1.54) is 23.5 Å². The van der Waals surface area contributed by atoms with Crippen LogP contribution in [0.5, 0.6) is 0 Å². The molecule has 10 nitrogen and oxygen atoms in total. The number of para-hydroxylation sites is 2. The quantitative estimate of drug-likeness (QED) is 0.0976. The zero-order valence-corrected chi connectivity index (χ0v) is 53.3. The Labute approximate surface area is 558 Å². The predicted molar refractivity (Wildman–Crippen MR) is 390 cm³/mol. The molecule has 0 saturated heterocycles. The number of aromatic nitrogens is 7. The second kappa shape index (κ2) is 22.8. The van der Waals surface area contributed by atoms with Gasteiger partial charge in [0.05, 0.1) is 28.4 Å². The number of hydrogen-bond acceptors (Lipinski definition) is 9. The number of halogens is 2. The predicted octanol–water partition coefficient (Wildman–Crippen LogP) is 18.0. The molecule has 430 valence electrons. The summed E-state index contributed by atoms with van der Waals surface area (Å²) >= 11 is 4.95. The van der Waals surface area contributed by atoms with E-state index >= 15 is 0 Å². The minimum Gasteiger partial charge on any atom is -0.311 e. The maximum absolute atomic E-state index is 10.7. The van der Waals surface area contributed by atoms with Gasteiger partial charge < -0.3 is 14.4 Å². The molecule has 13 heteroatoms. The van der Waals surface area contributed by atoms with E-state index in [9.17, 15) is 5.26 Å². The van der Waals surface area contributed by atoms with Crippen molar-refractivity contribution in [1.29, 1.82) is 5.26 Å². The molecule has 0 spiro atoms. The van der Waals surface area contributed by atoms with Crippen LogP contribution >= 0.6 is 45.2 Å². The van der Waals surface area contributed by atoms with Crippen LogP contribution in [0.1, 0.15) is 5.56 Å². The number of nitrogens with zero attached hydrogens (tertiary/aromatic N) is 10. The first-order chi connectivity index (χ1) is 45.4. The van der Waals surface area contributed by atoms with Gasteiger partial charge in [0.15, 0.2) is 34.9 Å². The zero-order valence-electron chi connectivity index (χ0n) is 48.9. The number of rotatable bonds is 10. The lowest BCUT2D eigenvalue weighted by molar-refractivity contribution is 1.06. The zero-order chi connectivity index (χ0) is 61.4. The molecule has 5 heterocycles. The van der Waals surface area contributed by atoms with Crippen LogP contribution in [0, 0.1) is 18.5 Å². The fourth-order valence-electron chi connectivity index (χ4n) is 13.3. The van der Waals surface area contributed by atoms with Crippen molar-refractivity contribution in [3.8, 4) is 91.2 Å². The maximum atomic E-state index is 10.7. The van der Waals surface area contributed by atoms with Gasteiger partial charge in [0.1, 0.15) is 0 Å². The minimum atomic E-state index is -0.0546. The van der Waals surface area contributed by atoms with Crippen LogP contribution in [0.25, 0.3) is 107 Å². The lowest BCUT2D eigenvalue weighted by Gasteiger charge is -2.44. The van der Waals surface area contributed by atoms with Gasteiger partial charge in [-0.3, -0.25) is 0 Å². The van der Waals surface area contributed by atoms with Crippen molar-refractivity contribution >= 4 is 124 Å².